The lowest BCUT2D eigenvalue weighted by Crippen LogP contribution is -2.46. The van der Waals surface area contributed by atoms with E-state index in [1.165, 1.54) is 5.56 Å². The number of pyridine rings is 1. The van der Waals surface area contributed by atoms with E-state index in [1.54, 1.807) is 12.4 Å². The number of nitrogens with two attached hydrogens (primary N) is 1. The first-order valence-electron chi connectivity index (χ1n) is 7.13. The van der Waals surface area contributed by atoms with Crippen molar-refractivity contribution in [2.45, 2.75) is 6.54 Å². The molecule has 4 nitrogen and oxygen atoms in total. The third-order valence-electron chi connectivity index (χ3n) is 3.86. The Labute approximate surface area is 130 Å². The van der Waals surface area contributed by atoms with Crippen molar-refractivity contribution >= 4 is 23.0 Å². The molecule has 0 radical (unpaired) electrons. The molecule has 0 saturated carbocycles. The monoisotopic (exact) mass is 302 g/mol. The largest absolute Gasteiger partial charge is 0.396 e. The highest BCUT2D eigenvalue weighted by Gasteiger charge is 2.18. The molecule has 0 unspecified atom stereocenters. The normalized spacial score (nSPS) is 16.1. The summed E-state index contributed by atoms with van der Waals surface area (Å²) in [4.78, 5) is 8.83. The minimum absolute atomic E-state index is 0.753. The van der Waals surface area contributed by atoms with Crippen LogP contribution < -0.4 is 10.6 Å². The molecule has 0 atom stereocenters. The third-order valence-corrected chi connectivity index (χ3v) is 4.11. The van der Waals surface area contributed by atoms with Gasteiger partial charge in [-0.15, -0.1) is 0 Å². The molecule has 0 amide bonds. The first kappa shape index (κ1) is 14.2. The van der Waals surface area contributed by atoms with Crippen molar-refractivity contribution in [2.24, 2.45) is 0 Å². The highest BCUT2D eigenvalue weighted by atomic mass is 35.5. The summed E-state index contributed by atoms with van der Waals surface area (Å²) in [5.74, 6) is 0. The van der Waals surface area contributed by atoms with Crippen LogP contribution in [0.25, 0.3) is 0 Å². The van der Waals surface area contributed by atoms with E-state index in [2.05, 4.69) is 26.9 Å². The zero-order chi connectivity index (χ0) is 14.7. The van der Waals surface area contributed by atoms with Gasteiger partial charge in [0.1, 0.15) is 0 Å². The molecule has 1 aliphatic rings. The van der Waals surface area contributed by atoms with Gasteiger partial charge in [0.25, 0.3) is 0 Å². The van der Waals surface area contributed by atoms with Crippen LogP contribution in [0, 0.1) is 0 Å². The van der Waals surface area contributed by atoms with Gasteiger partial charge in [-0.1, -0.05) is 23.7 Å². The van der Waals surface area contributed by atoms with Crippen LogP contribution in [-0.4, -0.2) is 36.1 Å². The molecule has 2 heterocycles. The Morgan fingerprint density at radius 2 is 1.76 bits per heavy atom. The highest BCUT2D eigenvalue weighted by Crippen LogP contribution is 2.23. The Hall–Kier alpha value is -1.78. The average Bonchev–Trinajstić information content (AvgIpc) is 2.51. The molecule has 2 N–H and O–H groups in total. The molecule has 0 bridgehead atoms. The van der Waals surface area contributed by atoms with Crippen LogP contribution in [0.15, 0.2) is 42.7 Å². The standard InChI is InChI=1S/C16H19ClN4/c17-14-3-1-13(2-4-14)12-20-7-9-21(10-8-20)16-5-6-19-11-15(16)18/h1-6,11H,7-10,12,18H2. The van der Waals surface area contributed by atoms with Gasteiger partial charge in [0, 0.05) is 43.9 Å². The first-order valence-corrected chi connectivity index (χ1v) is 7.51. The van der Waals surface area contributed by atoms with Crippen LogP contribution in [0.1, 0.15) is 5.56 Å². The highest BCUT2D eigenvalue weighted by molar-refractivity contribution is 6.30. The van der Waals surface area contributed by atoms with E-state index in [9.17, 15) is 0 Å². The number of benzene rings is 1. The summed E-state index contributed by atoms with van der Waals surface area (Å²) in [5, 5.41) is 0.789. The quantitative estimate of drug-likeness (QED) is 0.947. The van der Waals surface area contributed by atoms with Crippen LogP contribution in [0.2, 0.25) is 5.02 Å². The summed E-state index contributed by atoms with van der Waals surface area (Å²) < 4.78 is 0. The number of nitrogen functional groups attached to an aromatic ring is 1. The van der Waals surface area contributed by atoms with Gasteiger partial charge in [-0.2, -0.15) is 0 Å². The van der Waals surface area contributed by atoms with Gasteiger partial charge >= 0.3 is 0 Å². The molecule has 1 aliphatic heterocycles. The van der Waals surface area contributed by atoms with Gasteiger partial charge in [0.2, 0.25) is 0 Å². The fourth-order valence-corrected chi connectivity index (χ4v) is 2.81. The molecule has 21 heavy (non-hydrogen) atoms. The SMILES string of the molecule is Nc1cnccc1N1CCN(Cc2ccc(Cl)cc2)CC1. The van der Waals surface area contributed by atoms with Gasteiger partial charge in [0.05, 0.1) is 17.6 Å². The molecule has 5 heteroatoms. The van der Waals surface area contributed by atoms with E-state index in [0.29, 0.717) is 0 Å². The van der Waals surface area contributed by atoms with Gasteiger partial charge in [-0.05, 0) is 23.8 Å². The van der Waals surface area contributed by atoms with Crippen LogP contribution in [0.3, 0.4) is 0 Å². The van der Waals surface area contributed by atoms with Crippen molar-refractivity contribution in [3.8, 4) is 0 Å². The third kappa shape index (κ3) is 3.46. The first-order chi connectivity index (χ1) is 10.2. The Balaban J connectivity index is 1.58. The lowest BCUT2D eigenvalue weighted by molar-refractivity contribution is 0.250. The number of hydrogen-bond donors (Lipinski definition) is 1. The Morgan fingerprint density at radius 1 is 1.05 bits per heavy atom. The molecule has 110 valence electrons. The van der Waals surface area contributed by atoms with Crippen molar-refractivity contribution in [3.63, 3.8) is 0 Å². The summed E-state index contributed by atoms with van der Waals surface area (Å²) in [5.41, 5.74) is 9.14. The van der Waals surface area contributed by atoms with Crippen LogP contribution in [0.4, 0.5) is 11.4 Å². The molecule has 1 fully saturated rings. The molecular formula is C16H19ClN4. The minimum atomic E-state index is 0.753. The van der Waals surface area contributed by atoms with E-state index in [1.807, 2.05) is 18.2 Å². The van der Waals surface area contributed by atoms with Crippen LogP contribution in [-0.2, 0) is 6.54 Å². The fourth-order valence-electron chi connectivity index (χ4n) is 2.68. The molecule has 2 aromatic rings. The van der Waals surface area contributed by atoms with Crippen molar-refractivity contribution in [1.82, 2.24) is 9.88 Å². The van der Waals surface area contributed by atoms with Crippen molar-refractivity contribution in [3.05, 3.63) is 53.3 Å². The van der Waals surface area contributed by atoms with Crippen molar-refractivity contribution in [1.29, 1.82) is 0 Å². The molecule has 1 saturated heterocycles. The number of piperazine rings is 1. The van der Waals surface area contributed by atoms with E-state index < -0.39 is 0 Å². The van der Waals surface area contributed by atoms with Gasteiger partial charge in [-0.25, -0.2) is 0 Å². The zero-order valence-electron chi connectivity index (χ0n) is 11.9. The van der Waals surface area contributed by atoms with E-state index in [4.69, 9.17) is 17.3 Å². The van der Waals surface area contributed by atoms with Gasteiger partial charge in [0.15, 0.2) is 0 Å². The summed E-state index contributed by atoms with van der Waals surface area (Å²) in [6.07, 6.45) is 3.52. The second-order valence-electron chi connectivity index (χ2n) is 5.32. The lowest BCUT2D eigenvalue weighted by Gasteiger charge is -2.36. The van der Waals surface area contributed by atoms with E-state index in [0.717, 1.165) is 49.1 Å². The Kier molecular flexibility index (Phi) is 4.27. The van der Waals surface area contributed by atoms with E-state index >= 15 is 0 Å². The van der Waals surface area contributed by atoms with Crippen molar-refractivity contribution < 1.29 is 0 Å². The number of halogens is 1. The maximum atomic E-state index is 5.99. The zero-order valence-corrected chi connectivity index (χ0v) is 12.6. The number of nitrogens with zero attached hydrogens (tertiary/aromatic N) is 3. The number of aromatic nitrogens is 1. The molecule has 0 aliphatic carbocycles. The fraction of sp³-hybridized carbons (Fsp3) is 0.312. The predicted molar refractivity (Wildman–Crippen MR) is 87.6 cm³/mol. The summed E-state index contributed by atoms with van der Waals surface area (Å²) in [6, 6.07) is 10.1. The average molecular weight is 303 g/mol. The molecule has 1 aromatic carbocycles. The summed E-state index contributed by atoms with van der Waals surface area (Å²) in [6.45, 7) is 5.01. The summed E-state index contributed by atoms with van der Waals surface area (Å²) >= 11 is 5.92. The van der Waals surface area contributed by atoms with Crippen molar-refractivity contribution in [2.75, 3.05) is 36.8 Å². The molecule has 1 aromatic heterocycles. The van der Waals surface area contributed by atoms with Crippen LogP contribution in [0.5, 0.6) is 0 Å². The molecule has 0 spiro atoms. The second kappa shape index (κ2) is 6.33. The number of anilines is 2. The second-order valence-corrected chi connectivity index (χ2v) is 5.76. The maximum Gasteiger partial charge on any atom is 0.0738 e. The van der Waals surface area contributed by atoms with Gasteiger partial charge in [-0.3, -0.25) is 9.88 Å². The smallest absolute Gasteiger partial charge is 0.0738 e. The molecule has 3 rings (SSSR count). The Bertz CT molecular complexity index is 591. The molecular weight excluding hydrogens is 284 g/mol. The Morgan fingerprint density at radius 3 is 2.43 bits per heavy atom. The maximum absolute atomic E-state index is 5.99. The minimum Gasteiger partial charge on any atom is -0.396 e. The number of hydrogen-bond acceptors (Lipinski definition) is 4. The van der Waals surface area contributed by atoms with Gasteiger partial charge < -0.3 is 10.6 Å². The topological polar surface area (TPSA) is 45.4 Å². The van der Waals surface area contributed by atoms with E-state index in [-0.39, 0.29) is 0 Å². The number of rotatable bonds is 3. The lowest BCUT2D eigenvalue weighted by atomic mass is 10.2. The summed E-state index contributed by atoms with van der Waals surface area (Å²) in [7, 11) is 0. The van der Waals surface area contributed by atoms with Crippen LogP contribution >= 0.6 is 11.6 Å². The predicted octanol–water partition coefficient (Wildman–Crippen LogP) is 2.64.